The van der Waals surface area contributed by atoms with Gasteiger partial charge < -0.3 is 9.47 Å². The van der Waals surface area contributed by atoms with Crippen LogP contribution in [-0.2, 0) is 16.2 Å². The first kappa shape index (κ1) is 21.3. The van der Waals surface area contributed by atoms with Gasteiger partial charge >= 0.3 is 0 Å². The van der Waals surface area contributed by atoms with Crippen molar-refractivity contribution in [3.8, 4) is 11.5 Å². The molecule has 1 fully saturated rings. The summed E-state index contributed by atoms with van der Waals surface area (Å²) >= 11 is 5.07. The van der Waals surface area contributed by atoms with Crippen molar-refractivity contribution in [2.45, 2.75) is 13.5 Å². The Kier molecular flexibility index (Phi) is 6.98. The Bertz CT molecular complexity index is 1000. The van der Waals surface area contributed by atoms with Crippen molar-refractivity contribution in [1.29, 1.82) is 0 Å². The van der Waals surface area contributed by atoms with Crippen LogP contribution < -0.4 is 14.8 Å². The molecule has 0 spiro atoms. The molecule has 0 aromatic heterocycles. The van der Waals surface area contributed by atoms with Gasteiger partial charge in [-0.05, 0) is 48.5 Å². The summed E-state index contributed by atoms with van der Waals surface area (Å²) in [5.74, 6) is 0.111. The number of rotatable bonds is 8. The number of nitrogens with one attached hydrogen (secondary N) is 1. The summed E-state index contributed by atoms with van der Waals surface area (Å²) in [6.07, 6.45) is 3.06. The molecule has 1 aliphatic rings. The van der Waals surface area contributed by atoms with E-state index in [0.29, 0.717) is 30.3 Å². The number of amides is 2. The lowest BCUT2D eigenvalue weighted by molar-refractivity contribution is -0.128. The number of nitrogens with zero attached hydrogens (tertiary/aromatic N) is 1. The van der Waals surface area contributed by atoms with E-state index in [1.807, 2.05) is 37.3 Å². The molecule has 2 aromatic carbocycles. The summed E-state index contributed by atoms with van der Waals surface area (Å²) in [6.45, 7) is 6.55. The molecule has 0 saturated carbocycles. The van der Waals surface area contributed by atoms with E-state index in [-0.39, 0.29) is 17.2 Å². The molecule has 1 heterocycles. The zero-order valence-electron chi connectivity index (χ0n) is 16.6. The fraction of sp³-hybridized carbons (Fsp3) is 0.174. The quantitative estimate of drug-likeness (QED) is 0.305. The standard InChI is InChI=1S/C23H22N2O4S/c1-3-12-25-22(27)18(21(26)24-23(25)30)13-17-10-11-19(20(14-17)28-4-2)29-15-16-8-6-5-7-9-16/h3,5-11,13-14H,1,4,12,15H2,2H3,(H,24,26,30)/b18-13+. The predicted octanol–water partition coefficient (Wildman–Crippen LogP) is 3.48. The largest absolute Gasteiger partial charge is 0.490 e. The zero-order chi connectivity index (χ0) is 21.5. The topological polar surface area (TPSA) is 67.9 Å². The van der Waals surface area contributed by atoms with Crippen LogP contribution in [0.5, 0.6) is 11.5 Å². The summed E-state index contributed by atoms with van der Waals surface area (Å²) in [5, 5.41) is 2.60. The first-order chi connectivity index (χ1) is 14.5. The van der Waals surface area contributed by atoms with Crippen LogP contribution >= 0.6 is 12.2 Å². The Labute approximate surface area is 180 Å². The fourth-order valence-corrected chi connectivity index (χ4v) is 3.14. The SMILES string of the molecule is C=CCN1C(=O)/C(=C/c2ccc(OCc3ccccc3)c(OCC)c2)C(=O)NC1=S. The molecule has 1 saturated heterocycles. The molecule has 3 rings (SSSR count). The van der Waals surface area contributed by atoms with E-state index >= 15 is 0 Å². The molecule has 7 heteroatoms. The van der Waals surface area contributed by atoms with Gasteiger partial charge in [0.05, 0.1) is 6.61 Å². The Hall–Kier alpha value is -3.45. The van der Waals surface area contributed by atoms with Crippen molar-refractivity contribution in [3.63, 3.8) is 0 Å². The third-order valence-corrected chi connectivity index (χ3v) is 4.64. The molecule has 1 aliphatic heterocycles. The van der Waals surface area contributed by atoms with E-state index in [1.54, 1.807) is 24.3 Å². The van der Waals surface area contributed by atoms with Gasteiger partial charge in [0, 0.05) is 6.54 Å². The number of thiocarbonyl (C=S) groups is 1. The smallest absolute Gasteiger partial charge is 0.265 e. The van der Waals surface area contributed by atoms with Gasteiger partial charge in [0.15, 0.2) is 16.6 Å². The van der Waals surface area contributed by atoms with Crippen molar-refractivity contribution in [3.05, 3.63) is 77.9 Å². The highest BCUT2D eigenvalue weighted by molar-refractivity contribution is 7.80. The number of hydrogen-bond donors (Lipinski definition) is 1. The van der Waals surface area contributed by atoms with Crippen molar-refractivity contribution < 1.29 is 19.1 Å². The van der Waals surface area contributed by atoms with Crippen LogP contribution in [0.4, 0.5) is 0 Å². The molecule has 0 aliphatic carbocycles. The summed E-state index contributed by atoms with van der Waals surface area (Å²) in [6, 6.07) is 15.1. The molecule has 6 nitrogen and oxygen atoms in total. The Morgan fingerprint density at radius 3 is 2.57 bits per heavy atom. The van der Waals surface area contributed by atoms with E-state index < -0.39 is 11.8 Å². The molecule has 0 atom stereocenters. The summed E-state index contributed by atoms with van der Waals surface area (Å²) < 4.78 is 11.6. The molecule has 0 radical (unpaired) electrons. The molecule has 154 valence electrons. The summed E-state index contributed by atoms with van der Waals surface area (Å²) in [4.78, 5) is 26.3. The second-order valence-electron chi connectivity index (χ2n) is 6.44. The highest BCUT2D eigenvalue weighted by Crippen LogP contribution is 2.30. The van der Waals surface area contributed by atoms with Crippen molar-refractivity contribution in [1.82, 2.24) is 10.2 Å². The molecular weight excluding hydrogens is 400 g/mol. The van der Waals surface area contributed by atoms with Gasteiger partial charge in [0.25, 0.3) is 11.8 Å². The minimum atomic E-state index is -0.535. The van der Waals surface area contributed by atoms with Crippen LogP contribution in [0.3, 0.4) is 0 Å². The number of ether oxygens (including phenoxy) is 2. The Morgan fingerprint density at radius 1 is 1.10 bits per heavy atom. The maximum absolute atomic E-state index is 12.7. The molecule has 2 amide bonds. The maximum atomic E-state index is 12.7. The lowest BCUT2D eigenvalue weighted by Crippen LogP contribution is -2.53. The Morgan fingerprint density at radius 2 is 1.87 bits per heavy atom. The van der Waals surface area contributed by atoms with E-state index in [0.717, 1.165) is 5.56 Å². The highest BCUT2D eigenvalue weighted by atomic mass is 32.1. The van der Waals surface area contributed by atoms with Crippen LogP contribution in [-0.4, -0.2) is 35.0 Å². The van der Waals surface area contributed by atoms with Crippen molar-refractivity contribution >= 4 is 35.2 Å². The zero-order valence-corrected chi connectivity index (χ0v) is 17.4. The fourth-order valence-electron chi connectivity index (χ4n) is 2.89. The monoisotopic (exact) mass is 422 g/mol. The maximum Gasteiger partial charge on any atom is 0.265 e. The summed E-state index contributed by atoms with van der Waals surface area (Å²) in [5.41, 5.74) is 1.66. The Balaban J connectivity index is 1.85. The van der Waals surface area contributed by atoms with Gasteiger partial charge in [0.2, 0.25) is 0 Å². The van der Waals surface area contributed by atoms with Gasteiger partial charge in [-0.1, -0.05) is 42.5 Å². The molecule has 2 aromatic rings. The number of hydrogen-bond acceptors (Lipinski definition) is 5. The minimum Gasteiger partial charge on any atom is -0.490 e. The van der Waals surface area contributed by atoms with Crippen molar-refractivity contribution in [2.75, 3.05) is 13.2 Å². The second-order valence-corrected chi connectivity index (χ2v) is 6.82. The van der Waals surface area contributed by atoms with Gasteiger partial charge in [-0.25, -0.2) is 0 Å². The van der Waals surface area contributed by atoms with E-state index in [4.69, 9.17) is 21.7 Å². The van der Waals surface area contributed by atoms with Gasteiger partial charge in [-0.3, -0.25) is 19.8 Å². The minimum absolute atomic E-state index is 0.00847. The van der Waals surface area contributed by atoms with Gasteiger partial charge in [0.1, 0.15) is 12.2 Å². The molecule has 0 unspecified atom stereocenters. The summed E-state index contributed by atoms with van der Waals surface area (Å²) in [7, 11) is 0. The predicted molar refractivity (Wildman–Crippen MR) is 119 cm³/mol. The third-order valence-electron chi connectivity index (χ3n) is 4.31. The first-order valence-corrected chi connectivity index (χ1v) is 9.87. The average molecular weight is 423 g/mol. The third kappa shape index (κ3) is 4.93. The van der Waals surface area contributed by atoms with E-state index in [2.05, 4.69) is 11.9 Å². The number of benzene rings is 2. The second kappa shape index (κ2) is 9.84. The van der Waals surface area contributed by atoms with E-state index in [9.17, 15) is 9.59 Å². The molecule has 1 N–H and O–H groups in total. The highest BCUT2D eigenvalue weighted by Gasteiger charge is 2.32. The lowest BCUT2D eigenvalue weighted by atomic mass is 10.1. The van der Waals surface area contributed by atoms with E-state index in [1.165, 1.54) is 11.0 Å². The van der Waals surface area contributed by atoms with Crippen LogP contribution in [0.15, 0.2) is 66.8 Å². The number of carbonyl (C=O) groups is 2. The van der Waals surface area contributed by atoms with Crippen LogP contribution in [0.25, 0.3) is 6.08 Å². The normalized spacial score (nSPS) is 15.2. The molecule has 0 bridgehead atoms. The van der Waals surface area contributed by atoms with Crippen LogP contribution in [0.1, 0.15) is 18.1 Å². The lowest BCUT2D eigenvalue weighted by Gasteiger charge is -2.27. The van der Waals surface area contributed by atoms with Crippen LogP contribution in [0.2, 0.25) is 0 Å². The van der Waals surface area contributed by atoms with Crippen molar-refractivity contribution in [2.24, 2.45) is 0 Å². The first-order valence-electron chi connectivity index (χ1n) is 9.46. The molecular formula is C23H22N2O4S. The number of carbonyl (C=O) groups excluding carboxylic acids is 2. The molecule has 30 heavy (non-hydrogen) atoms. The average Bonchev–Trinajstić information content (AvgIpc) is 2.74. The van der Waals surface area contributed by atoms with Gasteiger partial charge in [-0.2, -0.15) is 0 Å². The van der Waals surface area contributed by atoms with Gasteiger partial charge in [-0.15, -0.1) is 6.58 Å². The van der Waals surface area contributed by atoms with Crippen LogP contribution in [0, 0.1) is 0 Å².